The second-order valence-electron chi connectivity index (χ2n) is 4.04. The van der Waals surface area contributed by atoms with Crippen molar-refractivity contribution in [1.29, 1.82) is 0 Å². The Morgan fingerprint density at radius 2 is 1.84 bits per heavy atom. The van der Waals surface area contributed by atoms with Gasteiger partial charge in [-0.3, -0.25) is 4.79 Å². The van der Waals surface area contributed by atoms with Gasteiger partial charge in [-0.05, 0) is 24.4 Å². The van der Waals surface area contributed by atoms with Crippen LogP contribution >= 0.6 is 11.3 Å². The minimum Gasteiger partial charge on any atom is -0.545 e. The summed E-state index contributed by atoms with van der Waals surface area (Å²) in [5.41, 5.74) is 0.0179. The third-order valence-electron chi connectivity index (χ3n) is 2.71. The number of carbonyl (C=O) groups is 2. The van der Waals surface area contributed by atoms with Crippen LogP contribution in [0.25, 0.3) is 0 Å². The van der Waals surface area contributed by atoms with Gasteiger partial charge >= 0.3 is 0 Å². The number of carbonyl (C=O) groups excluding carboxylic acids is 2. The van der Waals surface area contributed by atoms with E-state index in [4.69, 9.17) is 0 Å². The molecule has 0 aliphatic rings. The summed E-state index contributed by atoms with van der Waals surface area (Å²) in [6.07, 6.45) is 0. The van der Waals surface area contributed by atoms with Crippen molar-refractivity contribution in [3.8, 4) is 0 Å². The van der Waals surface area contributed by atoms with Crippen LogP contribution in [0.4, 0.5) is 0 Å². The van der Waals surface area contributed by atoms with Gasteiger partial charge in [0.05, 0.1) is 12.0 Å². The molecule has 1 aromatic carbocycles. The van der Waals surface area contributed by atoms with Crippen LogP contribution in [0, 0.1) is 0 Å². The van der Waals surface area contributed by atoms with Crippen molar-refractivity contribution in [2.24, 2.45) is 0 Å². The molecule has 0 saturated heterocycles. The molecule has 0 saturated carbocycles. The van der Waals surface area contributed by atoms with Crippen LogP contribution < -0.4 is 10.4 Å². The second kappa shape index (κ2) is 5.67. The van der Waals surface area contributed by atoms with Crippen molar-refractivity contribution in [2.75, 3.05) is 0 Å². The third-order valence-corrected chi connectivity index (χ3v) is 3.76. The Balaban J connectivity index is 2.19. The first-order valence-corrected chi connectivity index (χ1v) is 6.62. The smallest absolute Gasteiger partial charge is 0.252 e. The number of rotatable bonds is 4. The highest BCUT2D eigenvalue weighted by molar-refractivity contribution is 7.10. The number of benzene rings is 1. The maximum atomic E-state index is 12.1. The SMILES string of the molecule is C[C@@H](NC(=O)c1ccccc1C(=O)[O-])c1cccs1. The van der Waals surface area contributed by atoms with Gasteiger partial charge in [-0.15, -0.1) is 11.3 Å². The highest BCUT2D eigenvalue weighted by atomic mass is 32.1. The van der Waals surface area contributed by atoms with Crippen molar-refractivity contribution in [3.05, 3.63) is 57.8 Å². The first kappa shape index (κ1) is 13.3. The molecule has 1 aromatic heterocycles. The minimum atomic E-state index is -1.35. The van der Waals surface area contributed by atoms with E-state index in [1.165, 1.54) is 23.5 Å². The van der Waals surface area contributed by atoms with E-state index in [-0.39, 0.29) is 17.2 Å². The van der Waals surface area contributed by atoms with E-state index in [2.05, 4.69) is 5.32 Å². The lowest BCUT2D eigenvalue weighted by Gasteiger charge is -2.14. The summed E-state index contributed by atoms with van der Waals surface area (Å²) in [6.45, 7) is 1.85. The summed E-state index contributed by atoms with van der Waals surface area (Å²) in [4.78, 5) is 24.0. The standard InChI is InChI=1S/C14H13NO3S/c1-9(12-7-4-8-19-12)15-13(16)10-5-2-3-6-11(10)14(17)18/h2-9H,1H3,(H,15,16)(H,17,18)/p-1/t9-/m1/s1. The first-order valence-electron chi connectivity index (χ1n) is 5.74. The molecule has 0 bridgehead atoms. The topological polar surface area (TPSA) is 69.2 Å². The van der Waals surface area contributed by atoms with Gasteiger partial charge in [0.2, 0.25) is 0 Å². The van der Waals surface area contributed by atoms with Crippen LogP contribution in [0.15, 0.2) is 41.8 Å². The zero-order valence-electron chi connectivity index (χ0n) is 10.3. The van der Waals surface area contributed by atoms with Crippen LogP contribution in [-0.2, 0) is 0 Å². The van der Waals surface area contributed by atoms with E-state index in [9.17, 15) is 14.7 Å². The van der Waals surface area contributed by atoms with Crippen molar-refractivity contribution in [1.82, 2.24) is 5.32 Å². The number of amides is 1. The lowest BCUT2D eigenvalue weighted by atomic mass is 10.1. The molecule has 2 rings (SSSR count). The van der Waals surface area contributed by atoms with Crippen LogP contribution in [0.2, 0.25) is 0 Å². The van der Waals surface area contributed by atoms with Gasteiger partial charge in [0.1, 0.15) is 0 Å². The van der Waals surface area contributed by atoms with E-state index in [1.807, 2.05) is 24.4 Å². The largest absolute Gasteiger partial charge is 0.545 e. The highest BCUT2D eigenvalue weighted by Gasteiger charge is 2.15. The van der Waals surface area contributed by atoms with Gasteiger partial charge in [0.25, 0.3) is 5.91 Å². The van der Waals surface area contributed by atoms with Crippen molar-refractivity contribution in [3.63, 3.8) is 0 Å². The number of aromatic carboxylic acids is 1. The molecule has 0 spiro atoms. The number of hydrogen-bond donors (Lipinski definition) is 1. The van der Waals surface area contributed by atoms with Gasteiger partial charge in [-0.25, -0.2) is 0 Å². The lowest BCUT2D eigenvalue weighted by molar-refractivity contribution is -0.255. The van der Waals surface area contributed by atoms with Crippen LogP contribution in [0.1, 0.15) is 38.6 Å². The number of hydrogen-bond acceptors (Lipinski definition) is 4. The zero-order valence-corrected chi connectivity index (χ0v) is 11.1. The minimum absolute atomic E-state index is 0.0987. The molecule has 1 N–H and O–H groups in total. The molecule has 1 heterocycles. The Hall–Kier alpha value is -2.14. The zero-order chi connectivity index (χ0) is 13.8. The van der Waals surface area contributed by atoms with E-state index >= 15 is 0 Å². The van der Waals surface area contributed by atoms with Gasteiger partial charge < -0.3 is 15.2 Å². The van der Waals surface area contributed by atoms with E-state index in [0.717, 1.165) is 4.88 Å². The maximum absolute atomic E-state index is 12.1. The maximum Gasteiger partial charge on any atom is 0.252 e. The number of carboxylic acids is 1. The molecular weight excluding hydrogens is 262 g/mol. The summed E-state index contributed by atoms with van der Waals surface area (Å²) in [5, 5.41) is 15.6. The molecule has 1 amide bonds. The number of nitrogens with one attached hydrogen (secondary N) is 1. The average Bonchev–Trinajstić information content (AvgIpc) is 2.92. The Bertz CT molecular complexity index is 592. The number of carboxylic acid groups (broad SMARTS) is 1. The fourth-order valence-corrected chi connectivity index (χ4v) is 2.48. The molecule has 4 nitrogen and oxygen atoms in total. The van der Waals surface area contributed by atoms with E-state index in [1.54, 1.807) is 12.1 Å². The Kier molecular flexibility index (Phi) is 3.97. The van der Waals surface area contributed by atoms with Gasteiger partial charge in [0, 0.05) is 16.0 Å². The normalized spacial score (nSPS) is 11.8. The van der Waals surface area contributed by atoms with Crippen LogP contribution in [0.5, 0.6) is 0 Å². The Labute approximate surface area is 114 Å². The monoisotopic (exact) mass is 274 g/mol. The summed E-state index contributed by atoms with van der Waals surface area (Å²) < 4.78 is 0. The molecule has 0 aliphatic carbocycles. The van der Waals surface area contributed by atoms with E-state index in [0.29, 0.717) is 0 Å². The molecule has 0 fully saturated rings. The van der Waals surface area contributed by atoms with Gasteiger partial charge in [-0.1, -0.05) is 24.3 Å². The lowest BCUT2D eigenvalue weighted by Crippen LogP contribution is -2.30. The van der Waals surface area contributed by atoms with Crippen molar-refractivity contribution >= 4 is 23.2 Å². The van der Waals surface area contributed by atoms with Crippen molar-refractivity contribution < 1.29 is 14.7 Å². The second-order valence-corrected chi connectivity index (χ2v) is 5.02. The molecule has 5 heteroatoms. The Morgan fingerprint density at radius 1 is 1.16 bits per heavy atom. The molecule has 0 aliphatic heterocycles. The molecule has 19 heavy (non-hydrogen) atoms. The van der Waals surface area contributed by atoms with Gasteiger partial charge in [-0.2, -0.15) is 0 Å². The molecule has 2 aromatic rings. The van der Waals surface area contributed by atoms with Gasteiger partial charge in [0.15, 0.2) is 0 Å². The van der Waals surface area contributed by atoms with Crippen molar-refractivity contribution in [2.45, 2.75) is 13.0 Å². The van der Waals surface area contributed by atoms with Crippen LogP contribution in [0.3, 0.4) is 0 Å². The fourth-order valence-electron chi connectivity index (χ4n) is 1.74. The summed E-state index contributed by atoms with van der Waals surface area (Å²) >= 11 is 1.54. The fraction of sp³-hybridized carbons (Fsp3) is 0.143. The summed E-state index contributed by atoms with van der Waals surface area (Å²) in [6, 6.07) is 9.67. The molecule has 0 radical (unpaired) electrons. The molecule has 1 atom stereocenters. The quantitative estimate of drug-likeness (QED) is 0.920. The molecular formula is C14H12NO3S-. The third kappa shape index (κ3) is 3.00. The first-order chi connectivity index (χ1) is 9.09. The molecule has 0 unspecified atom stereocenters. The Morgan fingerprint density at radius 3 is 2.42 bits per heavy atom. The predicted molar refractivity (Wildman–Crippen MR) is 71.0 cm³/mol. The predicted octanol–water partition coefficient (Wildman–Crippen LogP) is 1.60. The average molecular weight is 274 g/mol. The highest BCUT2D eigenvalue weighted by Crippen LogP contribution is 2.19. The molecule has 98 valence electrons. The number of thiophene rings is 1. The van der Waals surface area contributed by atoms with Crippen LogP contribution in [-0.4, -0.2) is 11.9 Å². The van der Waals surface area contributed by atoms with E-state index < -0.39 is 11.9 Å². The summed E-state index contributed by atoms with van der Waals surface area (Å²) in [5.74, 6) is -1.77. The summed E-state index contributed by atoms with van der Waals surface area (Å²) in [7, 11) is 0.